The van der Waals surface area contributed by atoms with Crippen molar-refractivity contribution in [3.05, 3.63) is 53.8 Å². The maximum Gasteiger partial charge on any atom is 0.260 e. The Bertz CT molecular complexity index is 837. The smallest absolute Gasteiger partial charge is 0.260 e. The summed E-state index contributed by atoms with van der Waals surface area (Å²) >= 11 is 0. The van der Waals surface area contributed by atoms with Gasteiger partial charge in [-0.2, -0.15) is 0 Å². The van der Waals surface area contributed by atoms with Crippen molar-refractivity contribution in [3.63, 3.8) is 0 Å². The van der Waals surface area contributed by atoms with Crippen LogP contribution in [0.25, 0.3) is 0 Å². The third-order valence-corrected chi connectivity index (χ3v) is 5.42. The first kappa shape index (κ1) is 21.9. The number of benzene rings is 2. The first-order valence-electron chi connectivity index (χ1n) is 10.0. The molecule has 2 atom stereocenters. The molecule has 1 saturated heterocycles. The molecule has 1 amide bonds. The highest BCUT2D eigenvalue weighted by Crippen LogP contribution is 2.27. The van der Waals surface area contributed by atoms with Gasteiger partial charge in [-0.15, -0.1) is 0 Å². The monoisotopic (exact) mass is 416 g/mol. The van der Waals surface area contributed by atoms with Crippen molar-refractivity contribution in [2.75, 3.05) is 33.9 Å². The van der Waals surface area contributed by atoms with Gasteiger partial charge in [0.1, 0.15) is 23.1 Å². The fourth-order valence-electron chi connectivity index (χ4n) is 3.68. The lowest BCUT2D eigenvalue weighted by atomic mass is 10.1. The quantitative estimate of drug-likeness (QED) is 0.693. The fourth-order valence-corrected chi connectivity index (χ4v) is 3.68. The maximum atomic E-state index is 13.1. The first-order valence-corrected chi connectivity index (χ1v) is 10.0. The highest BCUT2D eigenvalue weighted by atomic mass is 19.1. The minimum Gasteiger partial charge on any atom is -0.496 e. The van der Waals surface area contributed by atoms with E-state index in [0.717, 1.165) is 18.7 Å². The molecule has 0 radical (unpaired) electrons. The second-order valence-electron chi connectivity index (χ2n) is 7.64. The molecule has 6 nitrogen and oxygen atoms in total. The molecule has 0 aliphatic carbocycles. The second kappa shape index (κ2) is 9.80. The molecule has 2 aromatic rings. The number of carbonyl (C=O) groups is 1. The van der Waals surface area contributed by atoms with Gasteiger partial charge in [0, 0.05) is 49.9 Å². The van der Waals surface area contributed by atoms with Crippen LogP contribution in [0.5, 0.6) is 17.2 Å². The average Bonchev–Trinajstić information content (AvgIpc) is 2.75. The van der Waals surface area contributed by atoms with E-state index in [1.807, 2.05) is 11.8 Å². The van der Waals surface area contributed by atoms with Crippen molar-refractivity contribution in [2.45, 2.75) is 32.5 Å². The average molecular weight is 416 g/mol. The van der Waals surface area contributed by atoms with Crippen molar-refractivity contribution < 1.29 is 23.4 Å². The van der Waals surface area contributed by atoms with Crippen LogP contribution in [0.3, 0.4) is 0 Å². The summed E-state index contributed by atoms with van der Waals surface area (Å²) in [6, 6.07) is 12.0. The van der Waals surface area contributed by atoms with Crippen LogP contribution >= 0.6 is 0 Å². The number of hydrogen-bond acceptors (Lipinski definition) is 5. The molecule has 7 heteroatoms. The van der Waals surface area contributed by atoms with Gasteiger partial charge in [0.2, 0.25) is 0 Å². The van der Waals surface area contributed by atoms with Gasteiger partial charge in [-0.05, 0) is 31.5 Å². The van der Waals surface area contributed by atoms with Crippen molar-refractivity contribution in [1.29, 1.82) is 0 Å². The topological polar surface area (TPSA) is 51.2 Å². The number of hydrogen-bond donors (Lipinski definition) is 0. The van der Waals surface area contributed by atoms with Crippen LogP contribution < -0.4 is 14.2 Å². The standard InChI is InChI=1S/C23H29FN2O4/c1-16-13-26(17(2)12-25(16)14-18-5-7-19(24)8-6-18)23(27)15-30-22-10-20(28-3)9-21(11-22)29-4/h5-11,16-17H,12-15H2,1-4H3. The summed E-state index contributed by atoms with van der Waals surface area (Å²) in [5.41, 5.74) is 1.06. The molecule has 3 rings (SSSR count). The predicted molar refractivity (Wildman–Crippen MR) is 112 cm³/mol. The molecule has 0 spiro atoms. The minimum atomic E-state index is -0.232. The molecule has 1 aliphatic rings. The van der Waals surface area contributed by atoms with E-state index in [-0.39, 0.29) is 30.4 Å². The molecule has 2 aromatic carbocycles. The number of ether oxygens (including phenoxy) is 3. The number of halogens is 1. The molecule has 0 N–H and O–H groups in total. The number of carbonyl (C=O) groups excluding carboxylic acids is 1. The highest BCUT2D eigenvalue weighted by Gasteiger charge is 2.32. The SMILES string of the molecule is COc1cc(OC)cc(OCC(=O)N2CC(C)N(Cc3ccc(F)cc3)CC2C)c1. The molecule has 0 aromatic heterocycles. The van der Waals surface area contributed by atoms with Crippen molar-refractivity contribution in [2.24, 2.45) is 0 Å². The molecule has 162 valence electrons. The number of rotatable bonds is 7. The van der Waals surface area contributed by atoms with E-state index in [4.69, 9.17) is 14.2 Å². The Morgan fingerprint density at radius 2 is 1.57 bits per heavy atom. The molecular formula is C23H29FN2O4. The zero-order valence-electron chi connectivity index (χ0n) is 17.9. The van der Waals surface area contributed by atoms with Crippen LogP contribution in [0.1, 0.15) is 19.4 Å². The third kappa shape index (κ3) is 5.42. The van der Waals surface area contributed by atoms with E-state index in [1.54, 1.807) is 44.6 Å². The van der Waals surface area contributed by atoms with E-state index < -0.39 is 0 Å². The van der Waals surface area contributed by atoms with Gasteiger partial charge in [0.15, 0.2) is 6.61 Å². The Balaban J connectivity index is 1.57. The Hall–Kier alpha value is -2.80. The van der Waals surface area contributed by atoms with Crippen LogP contribution in [0.15, 0.2) is 42.5 Å². The maximum absolute atomic E-state index is 13.1. The predicted octanol–water partition coefficient (Wildman–Crippen LogP) is 3.34. The zero-order chi connectivity index (χ0) is 21.7. The van der Waals surface area contributed by atoms with E-state index >= 15 is 0 Å². The number of piperazine rings is 1. The molecular weight excluding hydrogens is 387 g/mol. The molecule has 30 heavy (non-hydrogen) atoms. The summed E-state index contributed by atoms with van der Waals surface area (Å²) in [7, 11) is 3.14. The van der Waals surface area contributed by atoms with E-state index in [0.29, 0.717) is 23.8 Å². The lowest BCUT2D eigenvalue weighted by Crippen LogP contribution is -2.58. The summed E-state index contributed by atoms with van der Waals surface area (Å²) in [4.78, 5) is 17.0. The largest absolute Gasteiger partial charge is 0.496 e. The Morgan fingerprint density at radius 3 is 2.17 bits per heavy atom. The van der Waals surface area contributed by atoms with E-state index in [2.05, 4.69) is 11.8 Å². The van der Waals surface area contributed by atoms with Crippen LogP contribution in [0, 0.1) is 5.82 Å². The number of nitrogens with zero attached hydrogens (tertiary/aromatic N) is 2. The number of methoxy groups -OCH3 is 2. The Morgan fingerprint density at radius 1 is 0.967 bits per heavy atom. The third-order valence-electron chi connectivity index (χ3n) is 5.42. The molecule has 2 unspecified atom stereocenters. The summed E-state index contributed by atoms with van der Waals surface area (Å²) < 4.78 is 29.3. The van der Waals surface area contributed by atoms with Crippen LogP contribution in [0.4, 0.5) is 4.39 Å². The van der Waals surface area contributed by atoms with Crippen molar-refractivity contribution in [1.82, 2.24) is 9.80 Å². The van der Waals surface area contributed by atoms with Crippen LogP contribution in [-0.2, 0) is 11.3 Å². The Kier molecular flexibility index (Phi) is 7.15. The highest BCUT2D eigenvalue weighted by molar-refractivity contribution is 5.78. The van der Waals surface area contributed by atoms with Crippen LogP contribution in [-0.4, -0.2) is 61.7 Å². The van der Waals surface area contributed by atoms with Gasteiger partial charge >= 0.3 is 0 Å². The van der Waals surface area contributed by atoms with Gasteiger partial charge in [-0.3, -0.25) is 9.69 Å². The lowest BCUT2D eigenvalue weighted by Gasteiger charge is -2.44. The Labute approximate surface area is 177 Å². The summed E-state index contributed by atoms with van der Waals surface area (Å²) in [5, 5.41) is 0. The first-order chi connectivity index (χ1) is 14.4. The van der Waals surface area contributed by atoms with Gasteiger partial charge in [0.05, 0.1) is 14.2 Å². The number of amides is 1. The van der Waals surface area contributed by atoms with Crippen LogP contribution in [0.2, 0.25) is 0 Å². The molecule has 0 saturated carbocycles. The van der Waals surface area contributed by atoms with Crippen molar-refractivity contribution >= 4 is 5.91 Å². The summed E-state index contributed by atoms with van der Waals surface area (Å²) in [5.74, 6) is 1.44. The van der Waals surface area contributed by atoms with Crippen molar-refractivity contribution in [3.8, 4) is 17.2 Å². The van der Waals surface area contributed by atoms with Gasteiger partial charge < -0.3 is 19.1 Å². The summed E-state index contributed by atoms with van der Waals surface area (Å²) in [6.07, 6.45) is 0. The van der Waals surface area contributed by atoms with E-state index in [1.165, 1.54) is 12.1 Å². The van der Waals surface area contributed by atoms with E-state index in [9.17, 15) is 9.18 Å². The zero-order valence-corrected chi connectivity index (χ0v) is 17.9. The molecule has 1 heterocycles. The second-order valence-corrected chi connectivity index (χ2v) is 7.64. The molecule has 1 aliphatic heterocycles. The fraction of sp³-hybridized carbons (Fsp3) is 0.435. The molecule has 1 fully saturated rings. The van der Waals surface area contributed by atoms with Gasteiger partial charge in [0.25, 0.3) is 5.91 Å². The molecule has 0 bridgehead atoms. The normalized spacial score (nSPS) is 19.4. The minimum absolute atomic E-state index is 0.0503. The summed E-state index contributed by atoms with van der Waals surface area (Å²) in [6.45, 7) is 6.18. The van der Waals surface area contributed by atoms with Gasteiger partial charge in [-0.1, -0.05) is 12.1 Å². The lowest BCUT2D eigenvalue weighted by molar-refractivity contribution is -0.139. The van der Waals surface area contributed by atoms with Gasteiger partial charge in [-0.25, -0.2) is 4.39 Å².